The molecule has 0 radical (unpaired) electrons. The molecule has 0 aromatic rings. The van der Waals surface area contributed by atoms with Gasteiger partial charge in [0.15, 0.2) is 5.96 Å². The molecule has 0 atom stereocenters. The lowest BCUT2D eigenvalue weighted by Crippen LogP contribution is -2.43. The molecular formula is C14H25N3O2S. The first kappa shape index (κ1) is 15.4. The van der Waals surface area contributed by atoms with E-state index in [0.29, 0.717) is 12.6 Å². The first-order valence-corrected chi connectivity index (χ1v) is 9.36. The zero-order chi connectivity index (χ0) is 14.6. The fourth-order valence-electron chi connectivity index (χ4n) is 2.58. The Kier molecular flexibility index (Phi) is 4.73. The number of nitrogens with zero attached hydrogens (tertiary/aromatic N) is 1. The predicted octanol–water partition coefficient (Wildman–Crippen LogP) is 1.08. The van der Waals surface area contributed by atoms with Gasteiger partial charge in [-0.2, -0.15) is 0 Å². The van der Waals surface area contributed by atoms with Crippen molar-refractivity contribution in [1.29, 1.82) is 0 Å². The summed E-state index contributed by atoms with van der Waals surface area (Å²) in [6.07, 6.45) is 9.64. The minimum Gasteiger partial charge on any atom is -0.357 e. The van der Waals surface area contributed by atoms with Gasteiger partial charge in [-0.15, -0.1) is 0 Å². The van der Waals surface area contributed by atoms with Crippen LogP contribution in [0.3, 0.4) is 0 Å². The van der Waals surface area contributed by atoms with E-state index < -0.39 is 9.84 Å². The summed E-state index contributed by atoms with van der Waals surface area (Å²) < 4.78 is 22.9. The molecule has 5 nitrogen and oxygen atoms in total. The lowest BCUT2D eigenvalue weighted by molar-refractivity contribution is 0.547. The first-order valence-electron chi connectivity index (χ1n) is 7.30. The number of sulfone groups is 1. The molecule has 1 fully saturated rings. The molecule has 2 rings (SSSR count). The van der Waals surface area contributed by atoms with Crippen LogP contribution < -0.4 is 10.6 Å². The fourth-order valence-corrected chi connectivity index (χ4v) is 4.07. The van der Waals surface area contributed by atoms with Crippen LogP contribution in [0.1, 0.15) is 32.6 Å². The van der Waals surface area contributed by atoms with Crippen molar-refractivity contribution in [3.8, 4) is 0 Å². The van der Waals surface area contributed by atoms with Gasteiger partial charge in [-0.3, -0.25) is 4.99 Å². The highest BCUT2D eigenvalue weighted by Crippen LogP contribution is 2.46. The van der Waals surface area contributed by atoms with Crippen LogP contribution in [0.25, 0.3) is 0 Å². The van der Waals surface area contributed by atoms with Crippen molar-refractivity contribution in [3.05, 3.63) is 12.2 Å². The van der Waals surface area contributed by atoms with Crippen LogP contribution in [0.15, 0.2) is 17.1 Å². The average molecular weight is 299 g/mol. The Morgan fingerprint density at radius 2 is 2.00 bits per heavy atom. The quantitative estimate of drug-likeness (QED) is 0.437. The highest BCUT2D eigenvalue weighted by atomic mass is 32.2. The third-order valence-corrected chi connectivity index (χ3v) is 4.93. The van der Waals surface area contributed by atoms with Crippen LogP contribution in [-0.4, -0.2) is 45.5 Å². The highest BCUT2D eigenvalue weighted by molar-refractivity contribution is 7.90. The number of guanidine groups is 1. The van der Waals surface area contributed by atoms with Gasteiger partial charge in [0, 0.05) is 30.8 Å². The Balaban J connectivity index is 1.91. The molecule has 2 aliphatic carbocycles. The van der Waals surface area contributed by atoms with Crippen LogP contribution >= 0.6 is 0 Å². The molecule has 0 amide bonds. The summed E-state index contributed by atoms with van der Waals surface area (Å²) in [6.45, 7) is 3.44. The summed E-state index contributed by atoms with van der Waals surface area (Å²) >= 11 is 0. The Bertz CT molecular complexity index is 485. The summed E-state index contributed by atoms with van der Waals surface area (Å²) in [5.41, 5.74) is -0.107. The molecule has 0 saturated heterocycles. The summed E-state index contributed by atoms with van der Waals surface area (Å²) in [7, 11) is -2.92. The molecule has 0 aromatic carbocycles. The van der Waals surface area contributed by atoms with Gasteiger partial charge in [0.1, 0.15) is 9.84 Å². The van der Waals surface area contributed by atoms with Gasteiger partial charge in [0.25, 0.3) is 0 Å². The van der Waals surface area contributed by atoms with Gasteiger partial charge in [0.05, 0.1) is 5.75 Å². The van der Waals surface area contributed by atoms with Gasteiger partial charge in [0.2, 0.25) is 0 Å². The molecule has 0 unspecified atom stereocenters. The minimum absolute atomic E-state index is 0.107. The molecule has 0 bridgehead atoms. The van der Waals surface area contributed by atoms with Crippen LogP contribution in [0.4, 0.5) is 0 Å². The smallest absolute Gasteiger partial charge is 0.191 e. The summed E-state index contributed by atoms with van der Waals surface area (Å²) in [5.74, 6) is 1.06. The molecule has 0 heterocycles. The number of hydrogen-bond donors (Lipinski definition) is 2. The molecule has 2 N–H and O–H groups in total. The van der Waals surface area contributed by atoms with Crippen molar-refractivity contribution in [2.45, 2.75) is 38.6 Å². The zero-order valence-electron chi connectivity index (χ0n) is 12.4. The number of hydrogen-bond acceptors (Lipinski definition) is 3. The molecule has 114 valence electrons. The maximum Gasteiger partial charge on any atom is 0.191 e. The predicted molar refractivity (Wildman–Crippen MR) is 82.7 cm³/mol. The maximum atomic E-state index is 11.4. The molecule has 6 heteroatoms. The second kappa shape index (κ2) is 6.16. The second-order valence-corrected chi connectivity index (χ2v) is 8.19. The number of nitrogens with one attached hydrogen (secondary N) is 2. The van der Waals surface area contributed by atoms with Crippen molar-refractivity contribution < 1.29 is 8.42 Å². The van der Waals surface area contributed by atoms with E-state index in [0.717, 1.165) is 38.2 Å². The van der Waals surface area contributed by atoms with Crippen molar-refractivity contribution in [2.75, 3.05) is 25.1 Å². The Morgan fingerprint density at radius 1 is 1.35 bits per heavy atom. The standard InChI is InChI=1S/C14H25N3O2S/c1-3-15-13(17-12-6-4-5-7-12)16-10-14(8-9-14)11-20(2,18)19/h4-5,12H,3,6-11H2,1-2H3,(H2,15,16,17). The molecule has 0 aliphatic heterocycles. The number of rotatable bonds is 6. The molecule has 20 heavy (non-hydrogen) atoms. The van der Waals surface area contributed by atoms with Crippen LogP contribution in [0.2, 0.25) is 0 Å². The van der Waals surface area contributed by atoms with Gasteiger partial charge in [-0.05, 0) is 32.6 Å². The van der Waals surface area contributed by atoms with E-state index in [4.69, 9.17) is 0 Å². The Labute approximate surface area is 121 Å². The van der Waals surface area contributed by atoms with E-state index in [-0.39, 0.29) is 11.2 Å². The van der Waals surface area contributed by atoms with Gasteiger partial charge < -0.3 is 10.6 Å². The second-order valence-electron chi connectivity index (χ2n) is 6.05. The van der Waals surface area contributed by atoms with Crippen LogP contribution in [0, 0.1) is 5.41 Å². The van der Waals surface area contributed by atoms with Gasteiger partial charge >= 0.3 is 0 Å². The van der Waals surface area contributed by atoms with E-state index in [9.17, 15) is 8.42 Å². The minimum atomic E-state index is -2.92. The SMILES string of the molecule is CCNC(=NCC1(CS(C)(=O)=O)CC1)NC1CC=CC1. The van der Waals surface area contributed by atoms with Crippen molar-refractivity contribution in [2.24, 2.45) is 10.4 Å². The molecular weight excluding hydrogens is 274 g/mol. The lowest BCUT2D eigenvalue weighted by atomic mass is 10.1. The molecule has 2 aliphatic rings. The van der Waals surface area contributed by atoms with E-state index in [1.165, 1.54) is 6.26 Å². The van der Waals surface area contributed by atoms with Crippen molar-refractivity contribution >= 4 is 15.8 Å². The number of aliphatic imine (C=N–C) groups is 1. The van der Waals surface area contributed by atoms with E-state index in [1.807, 2.05) is 6.92 Å². The summed E-state index contributed by atoms with van der Waals surface area (Å²) in [5, 5.41) is 6.64. The van der Waals surface area contributed by atoms with Gasteiger partial charge in [-0.25, -0.2) is 8.42 Å². The zero-order valence-corrected chi connectivity index (χ0v) is 13.2. The molecule has 0 spiro atoms. The molecule has 1 saturated carbocycles. The summed E-state index contributed by atoms with van der Waals surface area (Å²) in [6, 6.07) is 0.415. The topological polar surface area (TPSA) is 70.6 Å². The van der Waals surface area contributed by atoms with Crippen LogP contribution in [-0.2, 0) is 9.84 Å². The maximum absolute atomic E-state index is 11.4. The normalized spacial score (nSPS) is 22.0. The average Bonchev–Trinajstić information content (AvgIpc) is 2.88. The third kappa shape index (κ3) is 4.81. The monoisotopic (exact) mass is 299 g/mol. The fraction of sp³-hybridized carbons (Fsp3) is 0.786. The lowest BCUT2D eigenvalue weighted by Gasteiger charge is -2.18. The first-order chi connectivity index (χ1) is 9.42. The van der Waals surface area contributed by atoms with Gasteiger partial charge in [-0.1, -0.05) is 12.2 Å². The van der Waals surface area contributed by atoms with Crippen molar-refractivity contribution in [1.82, 2.24) is 10.6 Å². The third-order valence-electron chi connectivity index (χ3n) is 3.79. The Morgan fingerprint density at radius 3 is 2.50 bits per heavy atom. The summed E-state index contributed by atoms with van der Waals surface area (Å²) in [4.78, 5) is 4.60. The Hall–Kier alpha value is -1.04. The van der Waals surface area contributed by atoms with Crippen molar-refractivity contribution in [3.63, 3.8) is 0 Å². The van der Waals surface area contributed by atoms with E-state index in [1.54, 1.807) is 0 Å². The largest absolute Gasteiger partial charge is 0.357 e. The van der Waals surface area contributed by atoms with E-state index in [2.05, 4.69) is 27.8 Å². The highest BCUT2D eigenvalue weighted by Gasteiger charge is 2.45. The molecule has 0 aromatic heterocycles. The van der Waals surface area contributed by atoms with E-state index >= 15 is 0 Å². The van der Waals surface area contributed by atoms with Crippen LogP contribution in [0.5, 0.6) is 0 Å².